The average Bonchev–Trinajstić information content (AvgIpc) is 3.43. The number of anilines is 1. The summed E-state index contributed by atoms with van der Waals surface area (Å²) in [6.45, 7) is 4.06. The van der Waals surface area contributed by atoms with Crippen molar-refractivity contribution >= 4 is 56.0 Å². The summed E-state index contributed by atoms with van der Waals surface area (Å²) in [5, 5.41) is 23.6. The Balaban J connectivity index is 0.000000175. The zero-order valence-electron chi connectivity index (χ0n) is 16.3. The van der Waals surface area contributed by atoms with Crippen molar-refractivity contribution in [3.63, 3.8) is 0 Å². The molecule has 1 fully saturated rings. The summed E-state index contributed by atoms with van der Waals surface area (Å²) in [5.74, 6) is 0. The van der Waals surface area contributed by atoms with Crippen LogP contribution in [0.2, 0.25) is 0 Å². The fourth-order valence-corrected chi connectivity index (χ4v) is 4.16. The quantitative estimate of drug-likeness (QED) is 0.390. The molecule has 30 heavy (non-hydrogen) atoms. The van der Waals surface area contributed by atoms with Crippen LogP contribution in [0.25, 0.3) is 21.9 Å². The topological polar surface area (TPSA) is 82.0 Å². The fraction of sp³-hybridized carbons (Fsp3) is 0.273. The molecule has 0 atom stereocenters. The third-order valence-corrected chi connectivity index (χ3v) is 5.57. The van der Waals surface area contributed by atoms with Crippen LogP contribution in [-0.2, 0) is 13.2 Å². The molecular formula is C22H24BrClN2O4. The van der Waals surface area contributed by atoms with Gasteiger partial charge in [0.25, 0.3) is 0 Å². The molecule has 1 aliphatic heterocycles. The molecule has 6 nitrogen and oxygen atoms in total. The molecule has 0 radical (unpaired) electrons. The first-order valence-corrected chi connectivity index (χ1v) is 10.3. The highest BCUT2D eigenvalue weighted by molar-refractivity contribution is 9.10. The summed E-state index contributed by atoms with van der Waals surface area (Å²) < 4.78 is 11.7. The van der Waals surface area contributed by atoms with Crippen LogP contribution in [0.4, 0.5) is 5.69 Å². The van der Waals surface area contributed by atoms with E-state index in [0.29, 0.717) is 0 Å². The van der Waals surface area contributed by atoms with Crippen molar-refractivity contribution < 1.29 is 19.0 Å². The van der Waals surface area contributed by atoms with E-state index >= 15 is 0 Å². The third-order valence-electron chi connectivity index (χ3n) is 4.98. The lowest BCUT2D eigenvalue weighted by atomic mass is 10.1. The van der Waals surface area contributed by atoms with Crippen molar-refractivity contribution in [2.45, 2.75) is 13.2 Å². The number of nitrogens with zero attached hydrogens (tertiary/aromatic N) is 1. The van der Waals surface area contributed by atoms with E-state index in [1.807, 2.05) is 36.4 Å². The van der Waals surface area contributed by atoms with Crippen LogP contribution in [0.3, 0.4) is 0 Å². The van der Waals surface area contributed by atoms with E-state index in [9.17, 15) is 5.11 Å². The third kappa shape index (κ3) is 4.82. The van der Waals surface area contributed by atoms with Crippen molar-refractivity contribution in [1.82, 2.24) is 5.32 Å². The van der Waals surface area contributed by atoms with E-state index in [0.717, 1.165) is 69.4 Å². The van der Waals surface area contributed by atoms with Gasteiger partial charge in [0.1, 0.15) is 5.58 Å². The SMILES string of the molecule is Cl.OCc1cc(Br)c2occc2c1.OCc1cc(N2CCNCC2)c2occc2c1. The van der Waals surface area contributed by atoms with Crippen molar-refractivity contribution in [1.29, 1.82) is 0 Å². The summed E-state index contributed by atoms with van der Waals surface area (Å²) in [7, 11) is 0. The van der Waals surface area contributed by atoms with Gasteiger partial charge in [-0.25, -0.2) is 0 Å². The highest BCUT2D eigenvalue weighted by Crippen LogP contribution is 2.30. The largest absolute Gasteiger partial charge is 0.463 e. The van der Waals surface area contributed by atoms with E-state index in [2.05, 4.69) is 26.1 Å². The molecule has 2 aromatic carbocycles. The van der Waals surface area contributed by atoms with Gasteiger partial charge in [-0.05, 0) is 63.5 Å². The van der Waals surface area contributed by atoms with Gasteiger partial charge in [0.15, 0.2) is 5.58 Å². The van der Waals surface area contributed by atoms with Gasteiger partial charge in [-0.1, -0.05) is 0 Å². The van der Waals surface area contributed by atoms with Gasteiger partial charge in [-0.2, -0.15) is 0 Å². The van der Waals surface area contributed by atoms with Crippen LogP contribution in [0.5, 0.6) is 0 Å². The Morgan fingerprint density at radius 2 is 1.43 bits per heavy atom. The number of benzene rings is 2. The van der Waals surface area contributed by atoms with Crippen LogP contribution in [0.15, 0.2) is 62.2 Å². The number of halogens is 2. The second-order valence-corrected chi connectivity index (χ2v) is 7.78. The average molecular weight is 496 g/mol. The smallest absolute Gasteiger partial charge is 0.157 e. The summed E-state index contributed by atoms with van der Waals surface area (Å²) in [4.78, 5) is 2.31. The summed E-state index contributed by atoms with van der Waals surface area (Å²) >= 11 is 3.36. The lowest BCUT2D eigenvalue weighted by Crippen LogP contribution is -2.43. The van der Waals surface area contributed by atoms with Crippen LogP contribution in [0, 0.1) is 0 Å². The molecule has 0 spiro atoms. The number of furan rings is 2. The molecular weight excluding hydrogens is 472 g/mol. The summed E-state index contributed by atoms with van der Waals surface area (Å²) in [6.07, 6.45) is 3.34. The Labute approximate surface area is 189 Å². The van der Waals surface area contributed by atoms with Gasteiger partial charge < -0.3 is 29.3 Å². The molecule has 8 heteroatoms. The lowest BCUT2D eigenvalue weighted by molar-refractivity contribution is 0.281. The molecule has 4 aromatic rings. The minimum atomic E-state index is 0. The van der Waals surface area contributed by atoms with Gasteiger partial charge in [-0.3, -0.25) is 0 Å². The first-order chi connectivity index (χ1) is 14.2. The number of hydrogen-bond donors (Lipinski definition) is 3. The fourth-order valence-electron chi connectivity index (χ4n) is 3.54. The maximum Gasteiger partial charge on any atom is 0.157 e. The number of fused-ring (bicyclic) bond motifs is 2. The van der Waals surface area contributed by atoms with Crippen molar-refractivity contribution in [3.8, 4) is 0 Å². The number of rotatable bonds is 3. The van der Waals surface area contributed by atoms with Crippen LogP contribution >= 0.6 is 28.3 Å². The standard InChI is InChI=1S/C13H16N2O2.C9H7BrO2.ClH/c16-9-10-7-11-1-6-17-13(11)12(8-10)15-4-2-14-3-5-15;10-8-4-6(5-11)3-7-1-2-12-9(7)8;/h1,6-8,14,16H,2-5,9H2;1-4,11H,5H2;1H. The minimum Gasteiger partial charge on any atom is -0.463 e. The number of nitrogens with one attached hydrogen (secondary N) is 1. The molecule has 0 saturated carbocycles. The molecule has 0 amide bonds. The molecule has 0 unspecified atom stereocenters. The predicted octanol–water partition coefficient (Wildman–Crippen LogP) is 4.44. The molecule has 0 bridgehead atoms. The van der Waals surface area contributed by atoms with Crippen molar-refractivity contribution in [2.75, 3.05) is 31.1 Å². The molecule has 5 rings (SSSR count). The highest BCUT2D eigenvalue weighted by atomic mass is 79.9. The number of aliphatic hydroxyl groups is 2. The molecule has 1 saturated heterocycles. The van der Waals surface area contributed by atoms with Crippen molar-refractivity contribution in [2.24, 2.45) is 0 Å². The Bertz CT molecular complexity index is 1110. The molecule has 0 aliphatic carbocycles. The van der Waals surface area contributed by atoms with Crippen LogP contribution < -0.4 is 10.2 Å². The highest BCUT2D eigenvalue weighted by Gasteiger charge is 2.16. The first kappa shape index (κ1) is 22.7. The molecule has 3 heterocycles. The molecule has 3 N–H and O–H groups in total. The van der Waals surface area contributed by atoms with E-state index in [-0.39, 0.29) is 25.6 Å². The normalized spacial score (nSPS) is 13.8. The van der Waals surface area contributed by atoms with E-state index in [1.54, 1.807) is 12.5 Å². The zero-order valence-corrected chi connectivity index (χ0v) is 18.7. The Hall–Kier alpha value is -2.03. The number of piperazine rings is 1. The molecule has 1 aliphatic rings. The Morgan fingerprint density at radius 1 is 0.867 bits per heavy atom. The van der Waals surface area contributed by atoms with Gasteiger partial charge >= 0.3 is 0 Å². The van der Waals surface area contributed by atoms with E-state index in [1.165, 1.54) is 0 Å². The summed E-state index contributed by atoms with van der Waals surface area (Å²) in [5.41, 5.74) is 4.66. The predicted molar refractivity (Wildman–Crippen MR) is 124 cm³/mol. The van der Waals surface area contributed by atoms with Gasteiger partial charge in [-0.15, -0.1) is 12.4 Å². The monoisotopic (exact) mass is 494 g/mol. The van der Waals surface area contributed by atoms with Crippen molar-refractivity contribution in [3.05, 3.63) is 64.5 Å². The van der Waals surface area contributed by atoms with Gasteiger partial charge in [0.05, 0.1) is 35.9 Å². The number of aliphatic hydroxyl groups excluding tert-OH is 2. The Kier molecular flexibility index (Phi) is 7.80. The summed E-state index contributed by atoms with van der Waals surface area (Å²) in [6, 6.07) is 11.6. The second-order valence-electron chi connectivity index (χ2n) is 6.92. The maximum absolute atomic E-state index is 9.30. The maximum atomic E-state index is 9.30. The van der Waals surface area contributed by atoms with E-state index < -0.39 is 0 Å². The molecule has 2 aromatic heterocycles. The van der Waals surface area contributed by atoms with Gasteiger partial charge in [0.2, 0.25) is 0 Å². The first-order valence-electron chi connectivity index (χ1n) is 9.52. The van der Waals surface area contributed by atoms with Gasteiger partial charge in [0, 0.05) is 37.0 Å². The van der Waals surface area contributed by atoms with E-state index in [4.69, 9.17) is 13.9 Å². The second kappa shape index (κ2) is 10.3. The lowest BCUT2D eigenvalue weighted by Gasteiger charge is -2.29. The van der Waals surface area contributed by atoms with Crippen LogP contribution in [-0.4, -0.2) is 36.4 Å². The molecule has 160 valence electrons. The zero-order chi connectivity index (χ0) is 20.2. The minimum absolute atomic E-state index is 0. The Morgan fingerprint density at radius 3 is 2.07 bits per heavy atom. The number of hydrogen-bond acceptors (Lipinski definition) is 6. The van der Waals surface area contributed by atoms with Crippen LogP contribution in [0.1, 0.15) is 11.1 Å².